The Labute approximate surface area is 119 Å². The quantitative estimate of drug-likeness (QED) is 0.758. The number of benzene rings is 1. The summed E-state index contributed by atoms with van der Waals surface area (Å²) in [4.78, 5) is 4.36. The van der Waals surface area contributed by atoms with Gasteiger partial charge in [-0.3, -0.25) is 0 Å². The standard InChI is InChI=1S/C15H21N5/c1-12(2)18-14-11-17-20-15(19-14)16-10-6-9-13-7-4-3-5-8-13/h3-5,7-8,11-12H,6,9-10H2,1-2H3,(H2,16,18,19,20). The van der Waals surface area contributed by atoms with Gasteiger partial charge in [0.05, 0.1) is 6.20 Å². The van der Waals surface area contributed by atoms with E-state index in [0.29, 0.717) is 12.0 Å². The van der Waals surface area contributed by atoms with Gasteiger partial charge in [-0.05, 0) is 32.3 Å². The minimum absolute atomic E-state index is 0.331. The number of nitrogens with one attached hydrogen (secondary N) is 2. The van der Waals surface area contributed by atoms with E-state index in [2.05, 4.69) is 63.9 Å². The van der Waals surface area contributed by atoms with Crippen LogP contribution in [0.2, 0.25) is 0 Å². The van der Waals surface area contributed by atoms with E-state index in [1.165, 1.54) is 5.56 Å². The third-order valence-electron chi connectivity index (χ3n) is 2.76. The fraction of sp³-hybridized carbons (Fsp3) is 0.400. The van der Waals surface area contributed by atoms with Gasteiger partial charge in [-0.15, -0.1) is 5.10 Å². The first-order chi connectivity index (χ1) is 9.74. The van der Waals surface area contributed by atoms with Crippen molar-refractivity contribution in [2.24, 2.45) is 0 Å². The van der Waals surface area contributed by atoms with E-state index in [1.54, 1.807) is 6.20 Å². The Morgan fingerprint density at radius 3 is 2.70 bits per heavy atom. The van der Waals surface area contributed by atoms with Crippen LogP contribution in [0.5, 0.6) is 0 Å². The zero-order valence-electron chi connectivity index (χ0n) is 12.0. The maximum Gasteiger partial charge on any atom is 0.244 e. The van der Waals surface area contributed by atoms with Crippen LogP contribution in [0.3, 0.4) is 0 Å². The van der Waals surface area contributed by atoms with Crippen molar-refractivity contribution in [2.45, 2.75) is 32.7 Å². The van der Waals surface area contributed by atoms with Crippen LogP contribution in [-0.4, -0.2) is 27.8 Å². The highest BCUT2D eigenvalue weighted by Gasteiger charge is 2.01. The van der Waals surface area contributed by atoms with Gasteiger partial charge in [0.2, 0.25) is 5.95 Å². The largest absolute Gasteiger partial charge is 0.366 e. The van der Waals surface area contributed by atoms with Crippen LogP contribution in [0.1, 0.15) is 25.8 Å². The summed E-state index contributed by atoms with van der Waals surface area (Å²) in [5, 5.41) is 14.3. The SMILES string of the molecule is CC(C)Nc1cnnc(NCCCc2ccccc2)n1. The van der Waals surface area contributed by atoms with Gasteiger partial charge in [0.1, 0.15) is 0 Å². The van der Waals surface area contributed by atoms with Crippen LogP contribution in [0.25, 0.3) is 0 Å². The Morgan fingerprint density at radius 1 is 1.15 bits per heavy atom. The maximum absolute atomic E-state index is 4.36. The Bertz CT molecular complexity index is 513. The van der Waals surface area contributed by atoms with E-state index in [9.17, 15) is 0 Å². The topological polar surface area (TPSA) is 62.7 Å². The van der Waals surface area contributed by atoms with E-state index in [1.807, 2.05) is 6.07 Å². The molecule has 2 aromatic rings. The summed E-state index contributed by atoms with van der Waals surface area (Å²) >= 11 is 0. The van der Waals surface area contributed by atoms with Crippen molar-refractivity contribution in [2.75, 3.05) is 17.2 Å². The molecule has 1 aromatic carbocycles. The second-order valence-electron chi connectivity index (χ2n) is 4.98. The third kappa shape index (κ3) is 4.84. The first kappa shape index (κ1) is 14.2. The van der Waals surface area contributed by atoms with Gasteiger partial charge >= 0.3 is 0 Å². The van der Waals surface area contributed by atoms with Gasteiger partial charge in [0.25, 0.3) is 0 Å². The van der Waals surface area contributed by atoms with Gasteiger partial charge in [-0.2, -0.15) is 10.1 Å². The lowest BCUT2D eigenvalue weighted by Crippen LogP contribution is -2.14. The molecule has 0 aliphatic heterocycles. The fourth-order valence-corrected chi connectivity index (χ4v) is 1.88. The molecule has 5 heteroatoms. The maximum atomic E-state index is 4.36. The van der Waals surface area contributed by atoms with Gasteiger partial charge in [0, 0.05) is 12.6 Å². The molecule has 2 N–H and O–H groups in total. The highest BCUT2D eigenvalue weighted by molar-refractivity contribution is 5.37. The lowest BCUT2D eigenvalue weighted by molar-refractivity contribution is 0.835. The summed E-state index contributed by atoms with van der Waals surface area (Å²) in [5.74, 6) is 1.32. The first-order valence-corrected chi connectivity index (χ1v) is 6.98. The number of nitrogens with zero attached hydrogens (tertiary/aromatic N) is 3. The van der Waals surface area contributed by atoms with Crippen LogP contribution in [0.15, 0.2) is 36.5 Å². The Hall–Kier alpha value is -2.17. The summed E-state index contributed by atoms with van der Waals surface area (Å²) in [6, 6.07) is 10.8. The van der Waals surface area contributed by atoms with Gasteiger partial charge in [-0.25, -0.2) is 0 Å². The Balaban J connectivity index is 1.76. The molecular formula is C15H21N5. The lowest BCUT2D eigenvalue weighted by Gasteiger charge is -2.09. The smallest absolute Gasteiger partial charge is 0.244 e. The summed E-state index contributed by atoms with van der Waals surface area (Å²) in [5.41, 5.74) is 1.35. The molecule has 0 saturated heterocycles. The molecule has 2 rings (SSSR count). The number of hydrogen-bond acceptors (Lipinski definition) is 5. The number of rotatable bonds is 7. The number of aromatic nitrogens is 3. The zero-order chi connectivity index (χ0) is 14.2. The second-order valence-corrected chi connectivity index (χ2v) is 4.98. The predicted octanol–water partition coefficient (Wildman–Crippen LogP) is 2.74. The van der Waals surface area contributed by atoms with Crippen molar-refractivity contribution in [3.63, 3.8) is 0 Å². The van der Waals surface area contributed by atoms with Gasteiger partial charge < -0.3 is 10.6 Å². The van der Waals surface area contributed by atoms with Crippen LogP contribution in [0.4, 0.5) is 11.8 Å². The van der Waals surface area contributed by atoms with Crippen LogP contribution < -0.4 is 10.6 Å². The minimum Gasteiger partial charge on any atom is -0.366 e. The molecule has 0 atom stereocenters. The van der Waals surface area contributed by atoms with E-state index in [-0.39, 0.29) is 0 Å². The van der Waals surface area contributed by atoms with Crippen molar-refractivity contribution in [3.8, 4) is 0 Å². The molecule has 0 aliphatic rings. The van der Waals surface area contributed by atoms with Crippen LogP contribution >= 0.6 is 0 Å². The molecule has 0 radical (unpaired) electrons. The molecule has 5 nitrogen and oxygen atoms in total. The third-order valence-corrected chi connectivity index (χ3v) is 2.76. The summed E-state index contributed by atoms with van der Waals surface area (Å²) < 4.78 is 0. The molecule has 0 unspecified atom stereocenters. The Morgan fingerprint density at radius 2 is 1.95 bits per heavy atom. The molecule has 0 bridgehead atoms. The molecule has 0 spiro atoms. The molecule has 106 valence electrons. The molecule has 0 aliphatic carbocycles. The fourth-order valence-electron chi connectivity index (χ4n) is 1.88. The molecule has 0 fully saturated rings. The van der Waals surface area contributed by atoms with E-state index >= 15 is 0 Å². The highest BCUT2D eigenvalue weighted by Crippen LogP contribution is 2.06. The van der Waals surface area contributed by atoms with Gasteiger partial charge in [0.15, 0.2) is 5.82 Å². The van der Waals surface area contributed by atoms with Crippen molar-refractivity contribution < 1.29 is 0 Å². The average Bonchev–Trinajstić information content (AvgIpc) is 2.44. The summed E-state index contributed by atoms with van der Waals surface area (Å²) in [7, 11) is 0. The zero-order valence-corrected chi connectivity index (χ0v) is 12.0. The lowest BCUT2D eigenvalue weighted by atomic mass is 10.1. The predicted molar refractivity (Wildman–Crippen MR) is 81.8 cm³/mol. The first-order valence-electron chi connectivity index (χ1n) is 6.98. The van der Waals surface area contributed by atoms with E-state index < -0.39 is 0 Å². The average molecular weight is 271 g/mol. The highest BCUT2D eigenvalue weighted by atomic mass is 15.3. The van der Waals surface area contributed by atoms with Crippen LogP contribution in [-0.2, 0) is 6.42 Å². The number of hydrogen-bond donors (Lipinski definition) is 2. The van der Waals surface area contributed by atoms with E-state index in [4.69, 9.17) is 0 Å². The molecular weight excluding hydrogens is 250 g/mol. The van der Waals surface area contributed by atoms with Crippen molar-refractivity contribution >= 4 is 11.8 Å². The summed E-state index contributed by atoms with van der Waals surface area (Å²) in [6.07, 6.45) is 3.72. The molecule has 1 aromatic heterocycles. The molecule has 1 heterocycles. The summed E-state index contributed by atoms with van der Waals surface area (Å²) in [6.45, 7) is 4.96. The Kier molecular flexibility index (Phi) is 5.29. The number of aryl methyl sites for hydroxylation is 1. The van der Waals surface area contributed by atoms with E-state index in [0.717, 1.165) is 25.2 Å². The monoisotopic (exact) mass is 271 g/mol. The second kappa shape index (κ2) is 7.43. The van der Waals surface area contributed by atoms with Crippen molar-refractivity contribution in [3.05, 3.63) is 42.1 Å². The van der Waals surface area contributed by atoms with Crippen molar-refractivity contribution in [1.82, 2.24) is 15.2 Å². The number of anilines is 2. The van der Waals surface area contributed by atoms with Gasteiger partial charge in [-0.1, -0.05) is 30.3 Å². The molecule has 0 saturated carbocycles. The van der Waals surface area contributed by atoms with Crippen molar-refractivity contribution in [1.29, 1.82) is 0 Å². The molecule has 0 amide bonds. The van der Waals surface area contributed by atoms with Crippen LogP contribution in [0, 0.1) is 0 Å². The normalized spacial score (nSPS) is 10.6. The minimum atomic E-state index is 0.331. The molecule has 20 heavy (non-hydrogen) atoms.